The summed E-state index contributed by atoms with van der Waals surface area (Å²) < 4.78 is 8.46. The summed E-state index contributed by atoms with van der Waals surface area (Å²) in [6.45, 7) is 1.87. The number of para-hydroxylation sites is 1. The van der Waals surface area contributed by atoms with Crippen molar-refractivity contribution < 1.29 is 9.21 Å². The zero-order valence-electron chi connectivity index (χ0n) is 15.1. The standard InChI is InChI=1S/C19H17N5O3/c1-11-21-22-17(23(11)2)12-6-4-7-13(10-12)20-18(25)14-8-5-9-15-16(14)27-19(26)24(15)3/h4-10H,1-3H3,(H,20,25). The molecule has 0 atom stereocenters. The van der Waals surface area contributed by atoms with Crippen molar-refractivity contribution >= 4 is 22.7 Å². The van der Waals surface area contributed by atoms with Crippen molar-refractivity contribution in [2.75, 3.05) is 5.32 Å². The van der Waals surface area contributed by atoms with Gasteiger partial charge in [-0.15, -0.1) is 10.2 Å². The van der Waals surface area contributed by atoms with Crippen LogP contribution >= 0.6 is 0 Å². The Labute approximate surface area is 154 Å². The molecule has 0 aliphatic carbocycles. The van der Waals surface area contributed by atoms with E-state index in [-0.39, 0.29) is 11.5 Å². The largest absolute Gasteiger partial charge is 0.419 e. The number of nitrogens with one attached hydrogen (secondary N) is 1. The van der Waals surface area contributed by atoms with Gasteiger partial charge < -0.3 is 14.3 Å². The predicted octanol–water partition coefficient (Wildman–Crippen LogP) is 2.49. The maximum absolute atomic E-state index is 12.8. The topological polar surface area (TPSA) is 95.0 Å². The summed E-state index contributed by atoms with van der Waals surface area (Å²) in [7, 11) is 3.48. The van der Waals surface area contributed by atoms with E-state index in [4.69, 9.17) is 4.42 Å². The molecule has 2 heterocycles. The predicted molar refractivity (Wildman–Crippen MR) is 101 cm³/mol. The Kier molecular flexibility index (Phi) is 3.88. The molecular weight excluding hydrogens is 346 g/mol. The number of benzene rings is 2. The molecule has 4 rings (SSSR count). The van der Waals surface area contributed by atoms with E-state index in [1.165, 1.54) is 4.57 Å². The van der Waals surface area contributed by atoms with Crippen molar-refractivity contribution in [1.29, 1.82) is 0 Å². The number of amides is 1. The van der Waals surface area contributed by atoms with Crippen LogP contribution in [0.3, 0.4) is 0 Å². The Balaban J connectivity index is 1.68. The molecule has 2 aromatic heterocycles. The van der Waals surface area contributed by atoms with Crippen LogP contribution < -0.4 is 11.1 Å². The van der Waals surface area contributed by atoms with Crippen LogP contribution in [0.5, 0.6) is 0 Å². The summed E-state index contributed by atoms with van der Waals surface area (Å²) >= 11 is 0. The molecule has 0 aliphatic heterocycles. The van der Waals surface area contributed by atoms with Gasteiger partial charge >= 0.3 is 5.76 Å². The second-order valence-corrected chi connectivity index (χ2v) is 6.25. The van der Waals surface area contributed by atoms with E-state index in [1.54, 1.807) is 31.3 Å². The molecule has 0 spiro atoms. The Bertz CT molecular complexity index is 1230. The summed E-state index contributed by atoms with van der Waals surface area (Å²) in [4.78, 5) is 24.5. The van der Waals surface area contributed by atoms with Gasteiger partial charge in [-0.1, -0.05) is 18.2 Å². The summed E-state index contributed by atoms with van der Waals surface area (Å²) in [5.41, 5.74) is 2.57. The van der Waals surface area contributed by atoms with Crippen LogP contribution in [0.25, 0.3) is 22.5 Å². The number of oxazole rings is 1. The first kappa shape index (κ1) is 16.8. The lowest BCUT2D eigenvalue weighted by Gasteiger charge is -2.08. The van der Waals surface area contributed by atoms with E-state index in [2.05, 4.69) is 15.5 Å². The third-order valence-corrected chi connectivity index (χ3v) is 4.53. The lowest BCUT2D eigenvalue weighted by atomic mass is 10.1. The average molecular weight is 363 g/mol. The number of carbonyl (C=O) groups is 1. The molecule has 1 amide bonds. The number of aryl methyl sites for hydroxylation is 2. The van der Waals surface area contributed by atoms with Gasteiger partial charge in [0.15, 0.2) is 11.4 Å². The average Bonchev–Trinajstić information content (AvgIpc) is 3.14. The fourth-order valence-corrected chi connectivity index (χ4v) is 2.92. The highest BCUT2D eigenvalue weighted by atomic mass is 16.4. The second kappa shape index (κ2) is 6.24. The van der Waals surface area contributed by atoms with E-state index < -0.39 is 5.76 Å². The Morgan fingerprint density at radius 2 is 1.85 bits per heavy atom. The molecule has 1 N–H and O–H groups in total. The van der Waals surface area contributed by atoms with E-state index in [0.717, 1.165) is 11.4 Å². The monoisotopic (exact) mass is 363 g/mol. The van der Waals surface area contributed by atoms with Crippen LogP contribution in [-0.4, -0.2) is 25.2 Å². The normalized spacial score (nSPS) is 11.1. The molecule has 0 fully saturated rings. The van der Waals surface area contributed by atoms with Gasteiger partial charge in [-0.3, -0.25) is 9.36 Å². The summed E-state index contributed by atoms with van der Waals surface area (Å²) in [6.07, 6.45) is 0. The van der Waals surface area contributed by atoms with Gasteiger partial charge in [0.25, 0.3) is 5.91 Å². The fraction of sp³-hybridized carbons (Fsp3) is 0.158. The Morgan fingerprint density at radius 3 is 2.59 bits per heavy atom. The van der Waals surface area contributed by atoms with E-state index in [0.29, 0.717) is 22.6 Å². The van der Waals surface area contributed by atoms with Crippen LogP contribution in [0, 0.1) is 6.92 Å². The van der Waals surface area contributed by atoms with Crippen molar-refractivity contribution in [2.45, 2.75) is 6.92 Å². The van der Waals surface area contributed by atoms with Gasteiger partial charge in [0.1, 0.15) is 5.82 Å². The SMILES string of the molecule is Cc1nnc(-c2cccc(NC(=O)c3cccc4c3oc(=O)n4C)c2)n1C. The number of hydrogen-bond donors (Lipinski definition) is 1. The number of nitrogens with zero attached hydrogens (tertiary/aromatic N) is 4. The molecule has 8 heteroatoms. The van der Waals surface area contributed by atoms with Crippen molar-refractivity contribution in [3.63, 3.8) is 0 Å². The van der Waals surface area contributed by atoms with Crippen molar-refractivity contribution in [1.82, 2.24) is 19.3 Å². The zero-order chi connectivity index (χ0) is 19.1. The summed E-state index contributed by atoms with van der Waals surface area (Å²) in [5, 5.41) is 11.1. The molecular formula is C19H17N5O3. The highest BCUT2D eigenvalue weighted by molar-refractivity contribution is 6.11. The molecule has 0 radical (unpaired) electrons. The van der Waals surface area contributed by atoms with E-state index >= 15 is 0 Å². The first-order chi connectivity index (χ1) is 13.0. The van der Waals surface area contributed by atoms with Gasteiger partial charge in [-0.2, -0.15) is 0 Å². The molecule has 8 nitrogen and oxygen atoms in total. The zero-order valence-corrected chi connectivity index (χ0v) is 15.1. The number of fused-ring (bicyclic) bond motifs is 1. The molecule has 0 bridgehead atoms. The molecule has 27 heavy (non-hydrogen) atoms. The molecule has 2 aromatic carbocycles. The molecule has 0 aliphatic rings. The minimum absolute atomic E-state index is 0.266. The maximum atomic E-state index is 12.8. The summed E-state index contributed by atoms with van der Waals surface area (Å²) in [5.74, 6) is 0.635. The van der Waals surface area contributed by atoms with Crippen molar-refractivity contribution in [3.8, 4) is 11.4 Å². The lowest BCUT2D eigenvalue weighted by Crippen LogP contribution is -2.12. The lowest BCUT2D eigenvalue weighted by molar-refractivity contribution is 0.102. The number of aromatic nitrogens is 4. The summed E-state index contributed by atoms with van der Waals surface area (Å²) in [6, 6.07) is 12.4. The number of rotatable bonds is 3. The molecule has 0 saturated heterocycles. The van der Waals surface area contributed by atoms with E-state index in [1.807, 2.05) is 36.7 Å². The molecule has 0 saturated carbocycles. The molecule has 0 unspecified atom stereocenters. The molecule has 4 aromatic rings. The van der Waals surface area contributed by atoms with Crippen LogP contribution in [0.2, 0.25) is 0 Å². The van der Waals surface area contributed by atoms with Crippen molar-refractivity contribution in [3.05, 3.63) is 64.4 Å². The number of hydrogen-bond acceptors (Lipinski definition) is 5. The number of carbonyl (C=O) groups excluding carboxylic acids is 1. The van der Waals surface area contributed by atoms with Gasteiger partial charge in [-0.05, 0) is 31.2 Å². The smallest absolute Gasteiger partial charge is 0.407 e. The third kappa shape index (κ3) is 2.80. The molecule has 136 valence electrons. The van der Waals surface area contributed by atoms with Crippen LogP contribution in [0.15, 0.2) is 51.7 Å². The van der Waals surface area contributed by atoms with E-state index in [9.17, 15) is 9.59 Å². The van der Waals surface area contributed by atoms with Gasteiger partial charge in [0.05, 0.1) is 11.1 Å². The quantitative estimate of drug-likeness (QED) is 0.603. The highest BCUT2D eigenvalue weighted by Gasteiger charge is 2.16. The first-order valence-electron chi connectivity index (χ1n) is 8.32. The fourth-order valence-electron chi connectivity index (χ4n) is 2.92. The Morgan fingerprint density at radius 1 is 1.07 bits per heavy atom. The van der Waals surface area contributed by atoms with Crippen LogP contribution in [0.1, 0.15) is 16.2 Å². The minimum Gasteiger partial charge on any atom is -0.407 e. The second-order valence-electron chi connectivity index (χ2n) is 6.25. The van der Waals surface area contributed by atoms with Crippen LogP contribution in [0.4, 0.5) is 5.69 Å². The van der Waals surface area contributed by atoms with Gasteiger partial charge in [0.2, 0.25) is 0 Å². The third-order valence-electron chi connectivity index (χ3n) is 4.53. The first-order valence-corrected chi connectivity index (χ1v) is 8.32. The number of anilines is 1. The minimum atomic E-state index is -0.509. The van der Waals surface area contributed by atoms with Crippen molar-refractivity contribution in [2.24, 2.45) is 14.1 Å². The maximum Gasteiger partial charge on any atom is 0.419 e. The Hall–Kier alpha value is -3.68. The van der Waals surface area contributed by atoms with Gasteiger partial charge in [0, 0.05) is 25.3 Å². The highest BCUT2D eigenvalue weighted by Crippen LogP contribution is 2.23. The van der Waals surface area contributed by atoms with Gasteiger partial charge in [-0.25, -0.2) is 4.79 Å². The van der Waals surface area contributed by atoms with Crippen LogP contribution in [-0.2, 0) is 14.1 Å².